The van der Waals surface area contributed by atoms with E-state index in [1.165, 1.54) is 8.82 Å². The van der Waals surface area contributed by atoms with Crippen LogP contribution in [0.4, 0.5) is 5.69 Å². The van der Waals surface area contributed by atoms with E-state index in [0.717, 1.165) is 5.56 Å². The highest BCUT2D eigenvalue weighted by Gasteiger charge is 2.27. The second-order valence-corrected chi connectivity index (χ2v) is 9.24. The van der Waals surface area contributed by atoms with E-state index in [2.05, 4.69) is 15.1 Å². The molecule has 4 aromatic rings. The van der Waals surface area contributed by atoms with Crippen LogP contribution >= 0.6 is 11.6 Å². The summed E-state index contributed by atoms with van der Waals surface area (Å²) in [5.74, 6) is 0.706. The van der Waals surface area contributed by atoms with E-state index >= 15 is 0 Å². The molecule has 2 aromatic carbocycles. The van der Waals surface area contributed by atoms with Gasteiger partial charge in [0.25, 0.3) is 15.8 Å². The van der Waals surface area contributed by atoms with Crippen molar-refractivity contribution in [1.82, 2.24) is 19.6 Å². The van der Waals surface area contributed by atoms with Crippen LogP contribution in [-0.4, -0.2) is 28.0 Å². The summed E-state index contributed by atoms with van der Waals surface area (Å²) in [5.41, 5.74) is 2.91. The smallest absolute Gasteiger partial charge is 0.259 e. The third-order valence-corrected chi connectivity index (χ3v) is 7.13. The third kappa shape index (κ3) is 3.64. The first-order chi connectivity index (χ1) is 14.3. The predicted octanol–water partition coefficient (Wildman–Crippen LogP) is 4.10. The molecule has 2 aromatic heterocycles. The van der Waals surface area contributed by atoms with Gasteiger partial charge in [0.2, 0.25) is 0 Å². The molecule has 154 valence electrons. The molecule has 7 nitrogen and oxygen atoms in total. The zero-order valence-corrected chi connectivity index (χ0v) is 18.3. The van der Waals surface area contributed by atoms with Crippen LogP contribution in [0.15, 0.2) is 59.5 Å². The van der Waals surface area contributed by atoms with Gasteiger partial charge in [-0.1, -0.05) is 47.5 Å². The van der Waals surface area contributed by atoms with Crippen LogP contribution in [0.2, 0.25) is 5.02 Å². The lowest BCUT2D eigenvalue weighted by Gasteiger charge is -2.23. The predicted molar refractivity (Wildman–Crippen MR) is 116 cm³/mol. The topological polar surface area (TPSA) is 80.5 Å². The van der Waals surface area contributed by atoms with Gasteiger partial charge < -0.3 is 0 Å². The number of hydrogen-bond donors (Lipinski definition) is 0. The Labute approximate surface area is 180 Å². The molecule has 0 aliphatic carbocycles. The number of sulfonamides is 1. The van der Waals surface area contributed by atoms with Crippen LogP contribution in [0, 0.1) is 20.8 Å². The minimum absolute atomic E-state index is 0.0419. The number of rotatable bonds is 5. The maximum atomic E-state index is 13.4. The Balaban J connectivity index is 1.82. The van der Waals surface area contributed by atoms with Crippen LogP contribution in [0.3, 0.4) is 0 Å². The van der Waals surface area contributed by atoms with Gasteiger partial charge >= 0.3 is 0 Å². The maximum Gasteiger partial charge on any atom is 0.264 e. The van der Waals surface area contributed by atoms with E-state index in [-0.39, 0.29) is 11.4 Å². The zero-order chi connectivity index (χ0) is 21.5. The number of fused-ring (bicyclic) bond motifs is 1. The molecular formula is C21H20ClN5O2S. The fraction of sp³-hybridized carbons (Fsp3) is 0.190. The molecular weight excluding hydrogens is 422 g/mol. The van der Waals surface area contributed by atoms with Crippen LogP contribution in [0.25, 0.3) is 5.78 Å². The molecule has 4 rings (SSSR count). The molecule has 30 heavy (non-hydrogen) atoms. The van der Waals surface area contributed by atoms with E-state index < -0.39 is 10.0 Å². The van der Waals surface area contributed by atoms with Gasteiger partial charge in [0.15, 0.2) is 5.82 Å². The largest absolute Gasteiger partial charge is 0.264 e. The average Bonchev–Trinajstić information content (AvgIpc) is 3.14. The molecule has 0 saturated carbocycles. The fourth-order valence-electron chi connectivity index (χ4n) is 3.14. The van der Waals surface area contributed by atoms with Crippen molar-refractivity contribution in [3.8, 4) is 0 Å². The first-order valence-corrected chi connectivity index (χ1v) is 11.1. The van der Waals surface area contributed by atoms with Crippen LogP contribution in [0.5, 0.6) is 0 Å². The summed E-state index contributed by atoms with van der Waals surface area (Å²) in [7, 11) is -3.83. The van der Waals surface area contributed by atoms with Gasteiger partial charge in [0.05, 0.1) is 33.5 Å². The highest BCUT2D eigenvalue weighted by Crippen LogP contribution is 2.26. The van der Waals surface area contributed by atoms with Crippen molar-refractivity contribution < 1.29 is 8.42 Å². The minimum atomic E-state index is -3.83. The Hall–Kier alpha value is -2.97. The second-order valence-electron chi connectivity index (χ2n) is 7.00. The highest BCUT2D eigenvalue weighted by molar-refractivity contribution is 7.92. The zero-order valence-electron chi connectivity index (χ0n) is 16.7. The van der Waals surface area contributed by atoms with E-state index in [0.29, 0.717) is 33.7 Å². The van der Waals surface area contributed by atoms with Crippen molar-refractivity contribution in [2.75, 3.05) is 4.31 Å². The summed E-state index contributed by atoms with van der Waals surface area (Å²) in [6.45, 7) is 5.52. The molecule has 0 radical (unpaired) electrons. The number of aromatic nitrogens is 4. The van der Waals surface area contributed by atoms with Gasteiger partial charge in [-0.25, -0.2) is 13.4 Å². The summed E-state index contributed by atoms with van der Waals surface area (Å²) in [6, 6.07) is 15.6. The summed E-state index contributed by atoms with van der Waals surface area (Å²) in [4.78, 5) is 9.00. The fourth-order valence-corrected chi connectivity index (χ4v) is 4.70. The number of halogens is 1. The summed E-state index contributed by atoms with van der Waals surface area (Å²) in [6.07, 6.45) is 0. The maximum absolute atomic E-state index is 13.4. The van der Waals surface area contributed by atoms with Gasteiger partial charge in [-0.15, -0.1) is 5.10 Å². The lowest BCUT2D eigenvalue weighted by molar-refractivity contribution is 0.589. The number of anilines is 1. The van der Waals surface area contributed by atoms with Crippen molar-refractivity contribution in [2.24, 2.45) is 0 Å². The monoisotopic (exact) mass is 441 g/mol. The Kier molecular flexibility index (Phi) is 5.21. The summed E-state index contributed by atoms with van der Waals surface area (Å²) >= 11 is 6.28. The van der Waals surface area contributed by atoms with Crippen molar-refractivity contribution in [2.45, 2.75) is 32.2 Å². The summed E-state index contributed by atoms with van der Waals surface area (Å²) in [5, 5.41) is 4.96. The first-order valence-electron chi connectivity index (χ1n) is 9.30. The molecule has 0 aliphatic rings. The Morgan fingerprint density at radius 1 is 0.967 bits per heavy atom. The van der Waals surface area contributed by atoms with Gasteiger partial charge in [0, 0.05) is 0 Å². The van der Waals surface area contributed by atoms with Crippen molar-refractivity contribution in [3.63, 3.8) is 0 Å². The Bertz CT molecular complexity index is 1320. The molecule has 2 heterocycles. The molecule has 0 spiro atoms. The lowest BCUT2D eigenvalue weighted by atomic mass is 10.2. The first kappa shape index (κ1) is 20.3. The van der Waals surface area contributed by atoms with Crippen molar-refractivity contribution >= 4 is 33.1 Å². The minimum Gasteiger partial charge on any atom is -0.259 e. The standard InChI is InChI=1S/C21H20ClN5O2S/c1-14-9-11-17(12-10-14)26(30(28,29)18-7-5-4-6-8-18)13-19-24-21-23-15(2)20(22)16(3)27(21)25-19/h4-12H,13H2,1-3H3. The number of benzene rings is 2. The quantitative estimate of drug-likeness (QED) is 0.465. The van der Waals surface area contributed by atoms with Crippen LogP contribution in [-0.2, 0) is 16.6 Å². The second kappa shape index (κ2) is 7.70. The van der Waals surface area contributed by atoms with Gasteiger partial charge in [-0.3, -0.25) is 4.31 Å². The molecule has 0 fully saturated rings. The number of nitrogens with zero attached hydrogens (tertiary/aromatic N) is 5. The molecule has 0 atom stereocenters. The SMILES string of the molecule is Cc1ccc(N(Cc2nc3nc(C)c(Cl)c(C)n3n2)S(=O)(=O)c2ccccc2)cc1. The van der Waals surface area contributed by atoms with E-state index in [4.69, 9.17) is 11.6 Å². The van der Waals surface area contributed by atoms with Gasteiger partial charge in [-0.2, -0.15) is 9.50 Å². The van der Waals surface area contributed by atoms with E-state index in [9.17, 15) is 8.42 Å². The molecule has 0 amide bonds. The van der Waals surface area contributed by atoms with Gasteiger partial charge in [-0.05, 0) is 45.0 Å². The van der Waals surface area contributed by atoms with Crippen molar-refractivity contribution in [1.29, 1.82) is 0 Å². The molecule has 0 bridgehead atoms. The number of aryl methyl sites for hydroxylation is 3. The lowest BCUT2D eigenvalue weighted by Crippen LogP contribution is -2.31. The molecule has 0 unspecified atom stereocenters. The van der Waals surface area contributed by atoms with Gasteiger partial charge in [0.1, 0.15) is 0 Å². The van der Waals surface area contributed by atoms with E-state index in [1.54, 1.807) is 49.4 Å². The third-order valence-electron chi connectivity index (χ3n) is 4.79. The Morgan fingerprint density at radius 2 is 1.63 bits per heavy atom. The van der Waals surface area contributed by atoms with E-state index in [1.807, 2.05) is 26.0 Å². The number of hydrogen-bond acceptors (Lipinski definition) is 5. The van der Waals surface area contributed by atoms with Crippen molar-refractivity contribution in [3.05, 3.63) is 82.4 Å². The Morgan fingerprint density at radius 3 is 2.30 bits per heavy atom. The molecule has 0 aliphatic heterocycles. The molecule has 9 heteroatoms. The van der Waals surface area contributed by atoms with Crippen LogP contribution in [0.1, 0.15) is 22.8 Å². The normalized spacial score (nSPS) is 11.7. The average molecular weight is 442 g/mol. The van der Waals surface area contributed by atoms with Crippen LogP contribution < -0.4 is 4.31 Å². The highest BCUT2D eigenvalue weighted by atomic mass is 35.5. The summed E-state index contributed by atoms with van der Waals surface area (Å²) < 4.78 is 29.7. The molecule has 0 saturated heterocycles. The molecule has 0 N–H and O–H groups in total.